The van der Waals surface area contributed by atoms with Crippen molar-refractivity contribution in [2.24, 2.45) is 0 Å². The number of piperazine rings is 1. The first kappa shape index (κ1) is 25.0. The largest absolute Gasteiger partial charge is 0.314 e. The Morgan fingerprint density at radius 2 is 1.68 bits per heavy atom. The van der Waals surface area contributed by atoms with Crippen molar-refractivity contribution in [1.82, 2.24) is 20.0 Å². The van der Waals surface area contributed by atoms with E-state index < -0.39 is 0 Å². The molecule has 1 unspecified atom stereocenters. The van der Waals surface area contributed by atoms with Crippen molar-refractivity contribution in [3.05, 3.63) is 0 Å². The molecule has 2 heterocycles. The summed E-state index contributed by atoms with van der Waals surface area (Å²) in [5, 5.41) is 3.41. The van der Waals surface area contributed by atoms with Crippen molar-refractivity contribution in [1.29, 1.82) is 0 Å². The molecule has 0 spiro atoms. The number of hydrogen-bond acceptors (Lipinski definition) is 4. The summed E-state index contributed by atoms with van der Waals surface area (Å²) in [5.41, 5.74) is 0. The lowest BCUT2D eigenvalue weighted by molar-refractivity contribution is 0.153. The highest BCUT2D eigenvalue weighted by Crippen LogP contribution is 2.17. The molecule has 136 valence electrons. The normalized spacial score (nSPS) is 23.3. The number of nitrogens with zero attached hydrogens (tertiary/aromatic N) is 3. The Bertz CT molecular complexity index is 253. The third-order valence-corrected chi connectivity index (χ3v) is 4.77. The SMILES string of the molecule is CN(CCC1CCCCN1C)CCN1CCNCC1.Cl.Cl.Cl. The van der Waals surface area contributed by atoms with Crippen molar-refractivity contribution in [2.45, 2.75) is 31.7 Å². The van der Waals surface area contributed by atoms with Crippen LogP contribution in [0.25, 0.3) is 0 Å². The predicted molar refractivity (Wildman–Crippen MR) is 103 cm³/mol. The highest BCUT2D eigenvalue weighted by atomic mass is 35.5. The van der Waals surface area contributed by atoms with Crippen molar-refractivity contribution in [2.75, 3.05) is 66.5 Å². The number of piperidine rings is 1. The number of hydrogen-bond donors (Lipinski definition) is 1. The first-order chi connectivity index (χ1) is 9.25. The standard InChI is InChI=1S/C15H32N4.3ClH/c1-17(13-14-19-11-7-16-8-12-19)10-6-15-5-3-4-9-18(15)2;;;/h15-16H,3-14H2,1-2H3;3*1H. The van der Waals surface area contributed by atoms with Crippen molar-refractivity contribution in [3.8, 4) is 0 Å². The monoisotopic (exact) mass is 376 g/mol. The molecule has 2 rings (SSSR count). The van der Waals surface area contributed by atoms with Crippen LogP contribution in [0.15, 0.2) is 0 Å². The third-order valence-electron chi connectivity index (χ3n) is 4.77. The van der Waals surface area contributed by atoms with Crippen LogP contribution in [0.4, 0.5) is 0 Å². The molecule has 0 aromatic heterocycles. The van der Waals surface area contributed by atoms with Crippen LogP contribution >= 0.6 is 37.2 Å². The van der Waals surface area contributed by atoms with Gasteiger partial charge in [0, 0.05) is 45.3 Å². The summed E-state index contributed by atoms with van der Waals surface area (Å²) in [6.45, 7) is 9.77. The van der Waals surface area contributed by atoms with E-state index in [0.717, 1.165) is 19.1 Å². The lowest BCUT2D eigenvalue weighted by atomic mass is 10.00. The number of likely N-dealkylation sites (N-methyl/N-ethyl adjacent to an activating group) is 1. The molecule has 0 aromatic rings. The van der Waals surface area contributed by atoms with Gasteiger partial charge in [0.25, 0.3) is 0 Å². The molecule has 2 fully saturated rings. The van der Waals surface area contributed by atoms with Gasteiger partial charge in [-0.3, -0.25) is 4.90 Å². The molecule has 2 saturated heterocycles. The molecule has 0 bridgehead atoms. The van der Waals surface area contributed by atoms with Crippen molar-refractivity contribution in [3.63, 3.8) is 0 Å². The Hall–Kier alpha value is 0.710. The van der Waals surface area contributed by atoms with E-state index in [2.05, 4.69) is 34.1 Å². The van der Waals surface area contributed by atoms with Crippen molar-refractivity contribution < 1.29 is 0 Å². The molecule has 2 aliphatic rings. The van der Waals surface area contributed by atoms with Gasteiger partial charge in [0.15, 0.2) is 0 Å². The van der Waals surface area contributed by atoms with Crippen LogP contribution in [0, 0.1) is 0 Å². The van der Waals surface area contributed by atoms with E-state index in [-0.39, 0.29) is 37.2 Å². The molecular weight excluding hydrogens is 343 g/mol. The molecule has 1 atom stereocenters. The number of nitrogens with one attached hydrogen (secondary N) is 1. The Morgan fingerprint density at radius 3 is 2.32 bits per heavy atom. The van der Waals surface area contributed by atoms with Crippen LogP contribution in [-0.2, 0) is 0 Å². The zero-order chi connectivity index (χ0) is 13.5. The minimum atomic E-state index is 0. The molecule has 0 aromatic carbocycles. The maximum Gasteiger partial charge on any atom is 0.0110 e. The molecule has 22 heavy (non-hydrogen) atoms. The summed E-state index contributed by atoms with van der Waals surface area (Å²) in [4.78, 5) is 7.66. The highest BCUT2D eigenvalue weighted by Gasteiger charge is 2.19. The van der Waals surface area contributed by atoms with Crippen molar-refractivity contribution >= 4 is 37.2 Å². The van der Waals surface area contributed by atoms with E-state index in [0.29, 0.717) is 0 Å². The summed E-state index contributed by atoms with van der Waals surface area (Å²) < 4.78 is 0. The van der Waals surface area contributed by atoms with Gasteiger partial charge in [-0.05, 0) is 46.4 Å². The van der Waals surface area contributed by atoms with Gasteiger partial charge in [-0.2, -0.15) is 0 Å². The van der Waals surface area contributed by atoms with E-state index in [1.165, 1.54) is 65.0 Å². The maximum absolute atomic E-state index is 3.41. The lowest BCUT2D eigenvalue weighted by Gasteiger charge is -2.34. The van der Waals surface area contributed by atoms with Crippen LogP contribution in [0.1, 0.15) is 25.7 Å². The Morgan fingerprint density at radius 1 is 1.00 bits per heavy atom. The third kappa shape index (κ3) is 9.11. The van der Waals surface area contributed by atoms with Gasteiger partial charge in [0.05, 0.1) is 0 Å². The highest BCUT2D eigenvalue weighted by molar-refractivity contribution is 5.86. The molecule has 0 saturated carbocycles. The summed E-state index contributed by atoms with van der Waals surface area (Å²) in [5.74, 6) is 0. The Labute approximate surface area is 155 Å². The second kappa shape index (κ2) is 14.1. The predicted octanol–water partition coefficient (Wildman–Crippen LogP) is 1.96. The molecule has 1 N–H and O–H groups in total. The lowest BCUT2D eigenvalue weighted by Crippen LogP contribution is -2.46. The van der Waals surface area contributed by atoms with Gasteiger partial charge in [-0.15, -0.1) is 37.2 Å². The molecule has 2 aliphatic heterocycles. The van der Waals surface area contributed by atoms with E-state index >= 15 is 0 Å². The van der Waals surface area contributed by atoms with E-state index in [1.54, 1.807) is 0 Å². The molecule has 0 aliphatic carbocycles. The van der Waals surface area contributed by atoms with E-state index in [1.807, 2.05) is 0 Å². The van der Waals surface area contributed by atoms with Gasteiger partial charge in [0.1, 0.15) is 0 Å². The first-order valence-electron chi connectivity index (χ1n) is 8.07. The van der Waals surface area contributed by atoms with Crippen LogP contribution in [0.3, 0.4) is 0 Å². The van der Waals surface area contributed by atoms with Gasteiger partial charge >= 0.3 is 0 Å². The summed E-state index contributed by atoms with van der Waals surface area (Å²) in [6.07, 6.45) is 5.57. The molecule has 0 amide bonds. The fourth-order valence-corrected chi connectivity index (χ4v) is 3.24. The first-order valence-corrected chi connectivity index (χ1v) is 8.07. The van der Waals surface area contributed by atoms with Gasteiger partial charge in [0.2, 0.25) is 0 Å². The fraction of sp³-hybridized carbons (Fsp3) is 1.00. The van der Waals surface area contributed by atoms with Gasteiger partial charge in [-0.1, -0.05) is 6.42 Å². The average Bonchev–Trinajstić information content (AvgIpc) is 2.45. The summed E-state index contributed by atoms with van der Waals surface area (Å²) >= 11 is 0. The quantitative estimate of drug-likeness (QED) is 0.764. The molecule has 4 nitrogen and oxygen atoms in total. The number of likely N-dealkylation sites (tertiary alicyclic amines) is 1. The average molecular weight is 378 g/mol. The zero-order valence-electron chi connectivity index (χ0n) is 14.1. The van der Waals surface area contributed by atoms with E-state index in [9.17, 15) is 0 Å². The van der Waals surface area contributed by atoms with Crippen LogP contribution in [-0.4, -0.2) is 87.2 Å². The van der Waals surface area contributed by atoms with Gasteiger partial charge in [-0.25, -0.2) is 0 Å². The van der Waals surface area contributed by atoms with E-state index in [4.69, 9.17) is 0 Å². The number of halogens is 3. The second-order valence-corrected chi connectivity index (χ2v) is 6.31. The second-order valence-electron chi connectivity index (χ2n) is 6.31. The Balaban J connectivity index is 0. The summed E-state index contributed by atoms with van der Waals surface area (Å²) in [6, 6.07) is 0.829. The molecule has 0 radical (unpaired) electrons. The zero-order valence-corrected chi connectivity index (χ0v) is 16.6. The molecule has 7 heteroatoms. The summed E-state index contributed by atoms with van der Waals surface area (Å²) in [7, 11) is 4.58. The van der Waals surface area contributed by atoms with Crippen LogP contribution < -0.4 is 5.32 Å². The smallest absolute Gasteiger partial charge is 0.0110 e. The topological polar surface area (TPSA) is 21.8 Å². The minimum Gasteiger partial charge on any atom is -0.314 e. The van der Waals surface area contributed by atoms with Crippen LogP contribution in [0.2, 0.25) is 0 Å². The fourth-order valence-electron chi connectivity index (χ4n) is 3.24. The maximum atomic E-state index is 3.41. The molecular formula is C15H35Cl3N4. The minimum absolute atomic E-state index is 0. The Kier molecular flexibility index (Phi) is 16.0. The number of rotatable bonds is 6. The van der Waals surface area contributed by atoms with Crippen LogP contribution in [0.5, 0.6) is 0 Å². The van der Waals surface area contributed by atoms with Gasteiger partial charge < -0.3 is 15.1 Å².